The molecule has 4 aromatic rings. The zero-order chi connectivity index (χ0) is 16.1. The third kappa shape index (κ3) is 2.04. The van der Waals surface area contributed by atoms with Crippen LogP contribution in [0.1, 0.15) is 11.5 Å². The van der Waals surface area contributed by atoms with E-state index in [0.717, 1.165) is 22.9 Å². The molecule has 0 saturated carbocycles. The Morgan fingerprint density at radius 2 is 2.22 bits per heavy atom. The lowest BCUT2D eigenvalue weighted by molar-refractivity contribution is 0.807. The Morgan fingerprint density at radius 3 is 2.96 bits per heavy atom. The summed E-state index contributed by atoms with van der Waals surface area (Å²) in [7, 11) is 3.67. The number of anilines is 1. The fourth-order valence-corrected chi connectivity index (χ4v) is 3.50. The molecule has 1 N–H and O–H groups in total. The molecule has 0 aliphatic heterocycles. The maximum Gasteiger partial charge on any atom is 0.272 e. The number of fused-ring (bicyclic) bond motifs is 3. The molecular formula is C14H15N7OS. The van der Waals surface area contributed by atoms with Crippen molar-refractivity contribution < 1.29 is 0 Å². The molecule has 118 valence electrons. The van der Waals surface area contributed by atoms with Crippen LogP contribution in [0.15, 0.2) is 22.3 Å². The van der Waals surface area contributed by atoms with Crippen molar-refractivity contribution in [2.45, 2.75) is 13.5 Å². The first-order valence-electron chi connectivity index (χ1n) is 7.09. The van der Waals surface area contributed by atoms with Gasteiger partial charge in [-0.25, -0.2) is 0 Å². The van der Waals surface area contributed by atoms with Gasteiger partial charge in [0, 0.05) is 25.9 Å². The lowest BCUT2D eigenvalue weighted by atomic mass is 10.4. The molecule has 4 rings (SSSR count). The van der Waals surface area contributed by atoms with E-state index >= 15 is 0 Å². The van der Waals surface area contributed by atoms with E-state index in [1.807, 2.05) is 40.8 Å². The Kier molecular flexibility index (Phi) is 2.98. The lowest BCUT2D eigenvalue weighted by Gasteiger charge is -2.14. The molecule has 0 aromatic carbocycles. The maximum absolute atomic E-state index is 12.3. The highest BCUT2D eigenvalue weighted by molar-refractivity contribution is 7.17. The van der Waals surface area contributed by atoms with Crippen LogP contribution in [-0.4, -0.2) is 36.4 Å². The van der Waals surface area contributed by atoms with E-state index in [2.05, 4.69) is 20.4 Å². The molecule has 9 heteroatoms. The quantitative estimate of drug-likeness (QED) is 0.613. The molecule has 0 spiro atoms. The fourth-order valence-electron chi connectivity index (χ4n) is 2.65. The van der Waals surface area contributed by atoms with Crippen LogP contribution >= 0.6 is 11.3 Å². The molecule has 0 saturated heterocycles. The van der Waals surface area contributed by atoms with Gasteiger partial charge < -0.3 is 4.90 Å². The van der Waals surface area contributed by atoms with Gasteiger partial charge in [0.15, 0.2) is 11.6 Å². The van der Waals surface area contributed by atoms with Gasteiger partial charge in [-0.05, 0) is 18.4 Å². The minimum Gasteiger partial charge on any atom is -0.351 e. The average molecular weight is 329 g/mol. The van der Waals surface area contributed by atoms with Gasteiger partial charge in [-0.2, -0.15) is 5.10 Å². The smallest absolute Gasteiger partial charge is 0.272 e. The average Bonchev–Trinajstić information content (AvgIpc) is 3.23. The van der Waals surface area contributed by atoms with Crippen molar-refractivity contribution in [3.8, 4) is 0 Å². The lowest BCUT2D eigenvalue weighted by Crippen LogP contribution is -2.21. The third-order valence-corrected chi connectivity index (χ3v) is 4.75. The van der Waals surface area contributed by atoms with E-state index in [9.17, 15) is 4.79 Å². The minimum absolute atomic E-state index is 0.0438. The zero-order valence-electron chi connectivity index (χ0n) is 12.9. The molecule has 0 atom stereocenters. The summed E-state index contributed by atoms with van der Waals surface area (Å²) < 4.78 is 4.18. The number of aryl methyl sites for hydroxylation is 2. The van der Waals surface area contributed by atoms with E-state index < -0.39 is 0 Å². The summed E-state index contributed by atoms with van der Waals surface area (Å²) in [5.74, 6) is 2.15. The summed E-state index contributed by atoms with van der Waals surface area (Å²) >= 11 is 1.43. The first kappa shape index (κ1) is 13.9. The van der Waals surface area contributed by atoms with Gasteiger partial charge in [0.25, 0.3) is 5.56 Å². The van der Waals surface area contributed by atoms with Crippen molar-refractivity contribution in [3.05, 3.63) is 39.4 Å². The van der Waals surface area contributed by atoms with E-state index in [1.54, 1.807) is 7.05 Å². The molecule has 0 amide bonds. The number of nitrogens with one attached hydrogen (secondary N) is 1. The number of hydrogen-bond acceptors (Lipinski definition) is 6. The van der Waals surface area contributed by atoms with Crippen molar-refractivity contribution in [1.29, 1.82) is 0 Å². The Labute approximate surface area is 135 Å². The van der Waals surface area contributed by atoms with Crippen LogP contribution < -0.4 is 10.5 Å². The monoisotopic (exact) mass is 329 g/mol. The molecule has 0 aliphatic rings. The molecule has 0 aliphatic carbocycles. The second-order valence-corrected chi connectivity index (χ2v) is 6.43. The molecule has 8 nitrogen and oxygen atoms in total. The Hall–Kier alpha value is -2.68. The predicted molar refractivity (Wildman–Crippen MR) is 89.0 cm³/mol. The van der Waals surface area contributed by atoms with Crippen LogP contribution in [0, 0.1) is 6.92 Å². The van der Waals surface area contributed by atoms with Crippen molar-refractivity contribution in [2.24, 2.45) is 7.05 Å². The maximum atomic E-state index is 12.3. The van der Waals surface area contributed by atoms with Crippen molar-refractivity contribution in [1.82, 2.24) is 29.4 Å². The second kappa shape index (κ2) is 4.92. The molecular weight excluding hydrogens is 314 g/mol. The van der Waals surface area contributed by atoms with Gasteiger partial charge in [0.05, 0.1) is 12.1 Å². The van der Waals surface area contributed by atoms with Crippen LogP contribution in [-0.2, 0) is 13.6 Å². The molecule has 0 radical (unpaired) electrons. The van der Waals surface area contributed by atoms with Crippen LogP contribution in [0.2, 0.25) is 0 Å². The fraction of sp³-hybridized carbons (Fsp3) is 0.286. The van der Waals surface area contributed by atoms with Crippen LogP contribution in [0.5, 0.6) is 0 Å². The molecule has 4 aromatic heterocycles. The standard InChI is InChI=1S/C14H15N7OS/c1-8-6-10(16-15-8)19(2)7-11-17-18-14-20(3)13(22)12-9(21(11)14)4-5-23-12/h4-6H,7H2,1-3H3,(H,15,16). The van der Waals surface area contributed by atoms with Crippen LogP contribution in [0.3, 0.4) is 0 Å². The van der Waals surface area contributed by atoms with Crippen LogP contribution in [0.25, 0.3) is 16.0 Å². The third-order valence-electron chi connectivity index (χ3n) is 3.86. The van der Waals surface area contributed by atoms with Gasteiger partial charge in [-0.3, -0.25) is 18.9 Å². The van der Waals surface area contributed by atoms with Crippen molar-refractivity contribution >= 4 is 33.1 Å². The Balaban J connectivity index is 1.86. The van der Waals surface area contributed by atoms with E-state index in [-0.39, 0.29) is 5.56 Å². The molecule has 4 heterocycles. The Bertz CT molecular complexity index is 1070. The number of hydrogen-bond donors (Lipinski definition) is 1. The van der Waals surface area contributed by atoms with Gasteiger partial charge in [-0.15, -0.1) is 21.5 Å². The normalized spacial score (nSPS) is 11.6. The molecule has 23 heavy (non-hydrogen) atoms. The summed E-state index contributed by atoms with van der Waals surface area (Å²) in [5.41, 5.74) is 1.80. The largest absolute Gasteiger partial charge is 0.351 e. The first-order chi connectivity index (χ1) is 11.1. The van der Waals surface area contributed by atoms with Gasteiger partial charge >= 0.3 is 0 Å². The number of nitrogens with zero attached hydrogens (tertiary/aromatic N) is 6. The summed E-state index contributed by atoms with van der Waals surface area (Å²) in [4.78, 5) is 14.3. The highest BCUT2D eigenvalue weighted by Gasteiger charge is 2.17. The zero-order valence-corrected chi connectivity index (χ0v) is 13.8. The number of H-pyrrole nitrogens is 1. The number of aromatic nitrogens is 6. The second-order valence-electron chi connectivity index (χ2n) is 5.52. The van der Waals surface area contributed by atoms with E-state index in [4.69, 9.17) is 0 Å². The predicted octanol–water partition coefficient (Wildman–Crippen LogP) is 1.31. The molecule has 0 bridgehead atoms. The Morgan fingerprint density at radius 1 is 1.39 bits per heavy atom. The van der Waals surface area contributed by atoms with Crippen molar-refractivity contribution in [3.63, 3.8) is 0 Å². The van der Waals surface area contributed by atoms with Gasteiger partial charge in [-0.1, -0.05) is 0 Å². The summed E-state index contributed by atoms with van der Waals surface area (Å²) in [6, 6.07) is 3.90. The van der Waals surface area contributed by atoms with E-state index in [0.29, 0.717) is 17.0 Å². The van der Waals surface area contributed by atoms with E-state index in [1.165, 1.54) is 15.9 Å². The number of rotatable bonds is 3. The highest BCUT2D eigenvalue weighted by Crippen LogP contribution is 2.20. The topological polar surface area (TPSA) is 84.1 Å². The van der Waals surface area contributed by atoms with Gasteiger partial charge in [0.1, 0.15) is 4.70 Å². The number of aromatic amines is 1. The first-order valence-corrected chi connectivity index (χ1v) is 7.97. The minimum atomic E-state index is -0.0438. The summed E-state index contributed by atoms with van der Waals surface area (Å²) in [6.07, 6.45) is 0. The highest BCUT2D eigenvalue weighted by atomic mass is 32.1. The van der Waals surface area contributed by atoms with Gasteiger partial charge in [0.2, 0.25) is 5.78 Å². The summed E-state index contributed by atoms with van der Waals surface area (Å²) in [6.45, 7) is 2.50. The summed E-state index contributed by atoms with van der Waals surface area (Å²) in [5, 5.41) is 17.6. The molecule has 0 fully saturated rings. The van der Waals surface area contributed by atoms with Crippen LogP contribution in [0.4, 0.5) is 5.82 Å². The van der Waals surface area contributed by atoms with Crippen molar-refractivity contribution in [2.75, 3.05) is 11.9 Å². The molecule has 0 unspecified atom stereocenters. The SMILES string of the molecule is Cc1cc(N(C)Cc2nnc3n(C)c(=O)c4sccc4n23)n[nH]1. The number of thiophene rings is 1.